The normalized spacial score (nSPS) is 23.1. The maximum absolute atomic E-state index is 11.4. The molecule has 5 heteroatoms. The van der Waals surface area contributed by atoms with E-state index in [0.29, 0.717) is 12.0 Å². The van der Waals surface area contributed by atoms with Crippen molar-refractivity contribution in [1.82, 2.24) is 20.0 Å². The van der Waals surface area contributed by atoms with Gasteiger partial charge in [0, 0.05) is 50.9 Å². The second-order valence-corrected chi connectivity index (χ2v) is 5.83. The van der Waals surface area contributed by atoms with Crippen LogP contribution < -0.4 is 5.32 Å². The van der Waals surface area contributed by atoms with E-state index in [1.807, 2.05) is 15.8 Å². The predicted octanol–water partition coefficient (Wildman–Crippen LogP) is 1.64. The molecule has 1 aromatic rings. The molecule has 2 rings (SSSR count). The van der Waals surface area contributed by atoms with Crippen LogP contribution in [0.2, 0.25) is 0 Å². The van der Waals surface area contributed by atoms with E-state index < -0.39 is 0 Å². The Labute approximate surface area is 121 Å². The third-order valence-electron chi connectivity index (χ3n) is 4.06. The first-order chi connectivity index (χ1) is 9.60. The summed E-state index contributed by atoms with van der Waals surface area (Å²) in [4.78, 5) is 13.3. The van der Waals surface area contributed by atoms with Gasteiger partial charge in [0.15, 0.2) is 0 Å². The molecule has 112 valence electrons. The van der Waals surface area contributed by atoms with Crippen molar-refractivity contribution >= 4 is 5.91 Å². The molecule has 0 bridgehead atoms. The second-order valence-electron chi connectivity index (χ2n) is 5.83. The van der Waals surface area contributed by atoms with E-state index in [9.17, 15) is 4.79 Å². The minimum atomic E-state index is 0.191. The fourth-order valence-corrected chi connectivity index (χ4v) is 2.83. The molecule has 2 heterocycles. The number of nitrogens with one attached hydrogen (secondary N) is 1. The average molecular weight is 278 g/mol. The van der Waals surface area contributed by atoms with Gasteiger partial charge in [-0.1, -0.05) is 13.8 Å². The van der Waals surface area contributed by atoms with E-state index in [1.54, 1.807) is 6.92 Å². The molecule has 0 spiro atoms. The van der Waals surface area contributed by atoms with Gasteiger partial charge in [0.2, 0.25) is 5.91 Å². The molecular weight excluding hydrogens is 252 g/mol. The summed E-state index contributed by atoms with van der Waals surface area (Å²) in [6.07, 6.45) is 6.20. The second kappa shape index (κ2) is 6.88. The Kier molecular flexibility index (Phi) is 5.17. The molecule has 0 aromatic carbocycles. The number of aromatic nitrogens is 2. The Morgan fingerprint density at radius 2 is 2.35 bits per heavy atom. The Balaban J connectivity index is 1.80. The van der Waals surface area contributed by atoms with Crippen LogP contribution in [0.15, 0.2) is 12.4 Å². The van der Waals surface area contributed by atoms with E-state index in [-0.39, 0.29) is 5.91 Å². The number of rotatable bonds is 5. The number of piperidine rings is 1. The van der Waals surface area contributed by atoms with Gasteiger partial charge in [0.25, 0.3) is 0 Å². The molecule has 1 saturated heterocycles. The molecule has 1 aliphatic rings. The molecule has 1 fully saturated rings. The molecule has 0 radical (unpaired) electrons. The lowest BCUT2D eigenvalue weighted by Crippen LogP contribution is -2.49. The summed E-state index contributed by atoms with van der Waals surface area (Å²) in [5.74, 6) is 0.689. The number of hydrogen-bond acceptors (Lipinski definition) is 3. The van der Waals surface area contributed by atoms with Crippen LogP contribution in [0.4, 0.5) is 0 Å². The Bertz CT molecular complexity index is 443. The van der Waals surface area contributed by atoms with Crippen molar-refractivity contribution in [1.29, 1.82) is 0 Å². The zero-order valence-corrected chi connectivity index (χ0v) is 12.8. The van der Waals surface area contributed by atoms with E-state index >= 15 is 0 Å². The van der Waals surface area contributed by atoms with Crippen LogP contribution in [0, 0.1) is 5.92 Å². The quantitative estimate of drug-likeness (QED) is 0.891. The van der Waals surface area contributed by atoms with E-state index in [0.717, 1.165) is 39.0 Å². The topological polar surface area (TPSA) is 50.2 Å². The smallest absolute Gasteiger partial charge is 0.219 e. The first kappa shape index (κ1) is 15.0. The number of carbonyl (C=O) groups excluding carboxylic acids is 1. The summed E-state index contributed by atoms with van der Waals surface area (Å²) < 4.78 is 2.00. The summed E-state index contributed by atoms with van der Waals surface area (Å²) in [5.41, 5.74) is 1.24. The molecule has 1 amide bonds. The zero-order chi connectivity index (χ0) is 14.5. The van der Waals surface area contributed by atoms with E-state index in [2.05, 4.69) is 30.5 Å². The Morgan fingerprint density at radius 1 is 1.55 bits per heavy atom. The van der Waals surface area contributed by atoms with Gasteiger partial charge >= 0.3 is 0 Å². The van der Waals surface area contributed by atoms with Crippen molar-refractivity contribution in [2.45, 2.75) is 52.7 Å². The maximum atomic E-state index is 11.4. The van der Waals surface area contributed by atoms with Gasteiger partial charge < -0.3 is 10.2 Å². The van der Waals surface area contributed by atoms with Crippen molar-refractivity contribution < 1.29 is 4.79 Å². The molecule has 1 aliphatic heterocycles. The molecule has 20 heavy (non-hydrogen) atoms. The molecule has 0 saturated carbocycles. The van der Waals surface area contributed by atoms with Gasteiger partial charge in [-0.2, -0.15) is 5.10 Å². The lowest BCUT2D eigenvalue weighted by atomic mass is 9.93. The molecular formula is C15H26N4O. The van der Waals surface area contributed by atoms with Gasteiger partial charge in [-0.3, -0.25) is 9.48 Å². The highest BCUT2D eigenvalue weighted by Gasteiger charge is 2.26. The van der Waals surface area contributed by atoms with Crippen LogP contribution in [-0.2, 0) is 17.9 Å². The van der Waals surface area contributed by atoms with Crippen molar-refractivity contribution in [3.05, 3.63) is 18.0 Å². The fraction of sp³-hybridized carbons (Fsp3) is 0.733. The maximum Gasteiger partial charge on any atom is 0.219 e. The number of likely N-dealkylation sites (tertiary alicyclic amines) is 1. The molecule has 2 atom stereocenters. The summed E-state index contributed by atoms with van der Waals surface area (Å²) in [6, 6.07) is 0.486. The van der Waals surface area contributed by atoms with Crippen LogP contribution in [0.25, 0.3) is 0 Å². The van der Waals surface area contributed by atoms with Crippen molar-refractivity contribution in [2.24, 2.45) is 5.92 Å². The number of aryl methyl sites for hydroxylation is 1. The first-order valence-corrected chi connectivity index (χ1v) is 7.60. The Hall–Kier alpha value is -1.36. The van der Waals surface area contributed by atoms with E-state index in [4.69, 9.17) is 0 Å². The van der Waals surface area contributed by atoms with Crippen LogP contribution in [0.1, 0.15) is 39.2 Å². The SMILES string of the molecule is CCCn1cc(CN[C@@H]2CCN(C(C)=O)C[C@@H]2C)cn1. The molecule has 1 N–H and O–H groups in total. The highest BCUT2D eigenvalue weighted by Crippen LogP contribution is 2.17. The standard InChI is InChI=1S/C15H26N4O/c1-4-6-19-11-14(9-17-19)8-16-15-5-7-18(13(3)20)10-12(15)2/h9,11-12,15-16H,4-8,10H2,1-3H3/t12-,15+/m0/s1. The minimum absolute atomic E-state index is 0.191. The molecule has 5 nitrogen and oxygen atoms in total. The van der Waals surface area contributed by atoms with Crippen LogP contribution in [-0.4, -0.2) is 39.7 Å². The van der Waals surface area contributed by atoms with Crippen molar-refractivity contribution in [3.8, 4) is 0 Å². The molecule has 0 aliphatic carbocycles. The third kappa shape index (κ3) is 3.82. The fourth-order valence-electron chi connectivity index (χ4n) is 2.83. The molecule has 1 aromatic heterocycles. The summed E-state index contributed by atoms with van der Waals surface area (Å²) in [6.45, 7) is 9.60. The van der Waals surface area contributed by atoms with Gasteiger partial charge in [-0.25, -0.2) is 0 Å². The van der Waals surface area contributed by atoms with Gasteiger partial charge in [-0.15, -0.1) is 0 Å². The number of hydrogen-bond donors (Lipinski definition) is 1. The zero-order valence-electron chi connectivity index (χ0n) is 12.8. The van der Waals surface area contributed by atoms with Crippen LogP contribution in [0.3, 0.4) is 0 Å². The monoisotopic (exact) mass is 278 g/mol. The number of carbonyl (C=O) groups is 1. The lowest BCUT2D eigenvalue weighted by molar-refractivity contribution is -0.130. The van der Waals surface area contributed by atoms with Gasteiger partial charge in [-0.05, 0) is 18.8 Å². The molecule has 0 unspecified atom stereocenters. The van der Waals surface area contributed by atoms with Crippen molar-refractivity contribution in [3.63, 3.8) is 0 Å². The Morgan fingerprint density at radius 3 is 3.00 bits per heavy atom. The van der Waals surface area contributed by atoms with Gasteiger partial charge in [0.1, 0.15) is 0 Å². The minimum Gasteiger partial charge on any atom is -0.343 e. The summed E-state index contributed by atoms with van der Waals surface area (Å²) in [5, 5.41) is 7.96. The van der Waals surface area contributed by atoms with Crippen LogP contribution in [0.5, 0.6) is 0 Å². The highest BCUT2D eigenvalue weighted by atomic mass is 16.2. The number of amides is 1. The average Bonchev–Trinajstić information content (AvgIpc) is 2.85. The van der Waals surface area contributed by atoms with E-state index in [1.165, 1.54) is 5.56 Å². The first-order valence-electron chi connectivity index (χ1n) is 7.60. The third-order valence-corrected chi connectivity index (χ3v) is 4.06. The highest BCUT2D eigenvalue weighted by molar-refractivity contribution is 5.73. The number of nitrogens with zero attached hydrogens (tertiary/aromatic N) is 3. The largest absolute Gasteiger partial charge is 0.343 e. The predicted molar refractivity (Wildman–Crippen MR) is 79.2 cm³/mol. The summed E-state index contributed by atoms with van der Waals surface area (Å²) in [7, 11) is 0. The lowest BCUT2D eigenvalue weighted by Gasteiger charge is -2.37. The van der Waals surface area contributed by atoms with Gasteiger partial charge in [0.05, 0.1) is 6.20 Å². The van der Waals surface area contributed by atoms with Crippen LogP contribution >= 0.6 is 0 Å². The summed E-state index contributed by atoms with van der Waals surface area (Å²) >= 11 is 0. The van der Waals surface area contributed by atoms with Crippen molar-refractivity contribution in [2.75, 3.05) is 13.1 Å².